The first kappa shape index (κ1) is 17.4. The highest BCUT2D eigenvalue weighted by molar-refractivity contribution is 7.12. The number of aromatic nitrogens is 1. The number of aryl methyl sites for hydroxylation is 1. The summed E-state index contributed by atoms with van der Waals surface area (Å²) in [6.45, 7) is 10.0. The van der Waals surface area contributed by atoms with Crippen LogP contribution in [-0.2, 0) is 17.7 Å². The lowest BCUT2D eigenvalue weighted by Gasteiger charge is -2.32. The van der Waals surface area contributed by atoms with Crippen molar-refractivity contribution in [1.82, 2.24) is 10.3 Å². The average Bonchev–Trinajstić information content (AvgIpc) is 3.09. The second-order valence-corrected chi connectivity index (χ2v) is 7.61. The molecule has 0 radical (unpaired) electrons. The van der Waals surface area contributed by atoms with E-state index in [1.165, 1.54) is 15.3 Å². The third-order valence-corrected chi connectivity index (χ3v) is 5.86. The van der Waals surface area contributed by atoms with Crippen LogP contribution in [0.2, 0.25) is 0 Å². The molecule has 1 saturated heterocycles. The number of ether oxygens (including phenoxy) is 1. The summed E-state index contributed by atoms with van der Waals surface area (Å²) in [5.74, 6) is 1.05. The number of hydrogen-bond donors (Lipinski definition) is 1. The summed E-state index contributed by atoms with van der Waals surface area (Å²) < 4.78 is 5.59. The molecule has 3 heterocycles. The lowest BCUT2D eigenvalue weighted by atomic mass is 10.2. The summed E-state index contributed by atoms with van der Waals surface area (Å²) in [4.78, 5) is 9.79. The average molecular weight is 346 g/mol. The van der Waals surface area contributed by atoms with Gasteiger partial charge >= 0.3 is 0 Å². The maximum Gasteiger partial charge on any atom is 0.128 e. The molecule has 0 aromatic carbocycles. The number of anilines is 1. The van der Waals surface area contributed by atoms with Crippen molar-refractivity contribution in [3.05, 3.63) is 45.8 Å². The number of nitrogens with one attached hydrogen (secondary N) is 1. The van der Waals surface area contributed by atoms with Gasteiger partial charge in [-0.1, -0.05) is 13.0 Å². The minimum absolute atomic E-state index is 0.279. The molecule has 0 unspecified atom stereocenters. The van der Waals surface area contributed by atoms with Gasteiger partial charge in [0.25, 0.3) is 0 Å². The smallest absolute Gasteiger partial charge is 0.128 e. The van der Waals surface area contributed by atoms with Crippen molar-refractivity contribution in [3.8, 4) is 0 Å². The van der Waals surface area contributed by atoms with E-state index in [0.717, 1.165) is 38.5 Å². The zero-order valence-corrected chi connectivity index (χ0v) is 15.6. The molecule has 0 saturated carbocycles. The number of nitrogens with zero attached hydrogens (tertiary/aromatic N) is 2. The Morgan fingerprint density at radius 3 is 2.92 bits per heavy atom. The van der Waals surface area contributed by atoms with Crippen LogP contribution in [0.5, 0.6) is 0 Å². The van der Waals surface area contributed by atoms with E-state index in [1.807, 2.05) is 17.5 Å². The molecule has 0 amide bonds. The van der Waals surface area contributed by atoms with Crippen LogP contribution in [0.4, 0.5) is 5.82 Å². The van der Waals surface area contributed by atoms with Gasteiger partial charge in [-0.15, -0.1) is 11.3 Å². The highest BCUT2D eigenvalue weighted by Crippen LogP contribution is 2.24. The highest BCUT2D eigenvalue weighted by atomic mass is 32.1. The molecular weight excluding hydrogens is 318 g/mol. The Bertz CT molecular complexity index is 640. The molecule has 5 heteroatoms. The highest BCUT2D eigenvalue weighted by Gasteiger charge is 2.17. The number of rotatable bonds is 6. The molecule has 130 valence electrons. The van der Waals surface area contributed by atoms with Gasteiger partial charge in [-0.25, -0.2) is 4.98 Å². The van der Waals surface area contributed by atoms with E-state index >= 15 is 0 Å². The largest absolute Gasteiger partial charge is 0.375 e. The van der Waals surface area contributed by atoms with Gasteiger partial charge in [0.2, 0.25) is 0 Å². The summed E-state index contributed by atoms with van der Waals surface area (Å²) in [7, 11) is 0. The summed E-state index contributed by atoms with van der Waals surface area (Å²) in [6.07, 6.45) is 3.38. The monoisotopic (exact) mass is 345 g/mol. The Kier molecular flexibility index (Phi) is 5.87. The molecule has 3 rings (SSSR count). The molecule has 0 bridgehead atoms. The van der Waals surface area contributed by atoms with E-state index < -0.39 is 0 Å². The third-order valence-electron chi connectivity index (χ3n) is 4.44. The standard InChI is InChI=1S/C19H27N3OS/c1-4-17-6-7-18(24-17)15(3)20-11-16-5-8-19(21-12-16)22-9-10-23-14(2)13-22/h5-8,12,14-15,20H,4,9-11,13H2,1-3H3/t14-,15-/m0/s1. The van der Waals surface area contributed by atoms with Crippen LogP contribution >= 0.6 is 11.3 Å². The molecule has 1 fully saturated rings. The molecule has 2 aromatic heterocycles. The van der Waals surface area contributed by atoms with Gasteiger partial charge in [0.05, 0.1) is 12.7 Å². The summed E-state index contributed by atoms with van der Waals surface area (Å²) in [5, 5.41) is 3.60. The number of pyridine rings is 1. The quantitative estimate of drug-likeness (QED) is 0.864. The minimum atomic E-state index is 0.279. The van der Waals surface area contributed by atoms with Crippen molar-refractivity contribution >= 4 is 17.2 Å². The number of thiophene rings is 1. The molecule has 0 spiro atoms. The Morgan fingerprint density at radius 2 is 2.25 bits per heavy atom. The minimum Gasteiger partial charge on any atom is -0.375 e. The van der Waals surface area contributed by atoms with E-state index in [9.17, 15) is 0 Å². The van der Waals surface area contributed by atoms with Crippen molar-refractivity contribution in [2.75, 3.05) is 24.6 Å². The van der Waals surface area contributed by atoms with Gasteiger partial charge in [0.1, 0.15) is 5.82 Å². The summed E-state index contributed by atoms with van der Waals surface area (Å²) in [6, 6.07) is 9.14. The van der Waals surface area contributed by atoms with Crippen LogP contribution in [0.3, 0.4) is 0 Å². The predicted molar refractivity (Wildman–Crippen MR) is 101 cm³/mol. The van der Waals surface area contributed by atoms with Crippen molar-refractivity contribution in [3.63, 3.8) is 0 Å². The zero-order valence-electron chi connectivity index (χ0n) is 14.8. The van der Waals surface area contributed by atoms with Gasteiger partial charge in [0.15, 0.2) is 0 Å². The third kappa shape index (κ3) is 4.35. The fourth-order valence-electron chi connectivity index (χ4n) is 2.92. The van der Waals surface area contributed by atoms with Crippen molar-refractivity contribution < 1.29 is 4.74 Å². The second kappa shape index (κ2) is 8.10. The van der Waals surface area contributed by atoms with Gasteiger partial charge in [0, 0.05) is 41.6 Å². The molecule has 1 aliphatic rings. The van der Waals surface area contributed by atoms with E-state index in [2.05, 4.69) is 60.2 Å². The summed E-state index contributed by atoms with van der Waals surface area (Å²) in [5.41, 5.74) is 1.22. The first-order valence-electron chi connectivity index (χ1n) is 8.79. The molecule has 4 nitrogen and oxygen atoms in total. The molecule has 2 aromatic rings. The van der Waals surface area contributed by atoms with E-state index in [-0.39, 0.29) is 6.10 Å². The second-order valence-electron chi connectivity index (χ2n) is 6.41. The predicted octanol–water partition coefficient (Wildman–Crippen LogP) is 3.78. The molecule has 1 aliphatic heterocycles. The molecular formula is C19H27N3OS. The maximum atomic E-state index is 5.59. The zero-order chi connectivity index (χ0) is 16.9. The van der Waals surface area contributed by atoms with E-state index in [1.54, 1.807) is 0 Å². The SMILES string of the molecule is CCc1ccc([C@H](C)NCc2ccc(N3CCO[C@@H](C)C3)nc2)s1. The Morgan fingerprint density at radius 1 is 1.38 bits per heavy atom. The van der Waals surface area contributed by atoms with Crippen molar-refractivity contribution in [2.45, 2.75) is 45.9 Å². The van der Waals surface area contributed by atoms with Crippen molar-refractivity contribution in [1.29, 1.82) is 0 Å². The molecule has 24 heavy (non-hydrogen) atoms. The van der Waals surface area contributed by atoms with Gasteiger partial charge < -0.3 is 15.0 Å². The first-order chi connectivity index (χ1) is 11.7. The van der Waals surface area contributed by atoms with Gasteiger partial charge in [-0.2, -0.15) is 0 Å². The number of morpholine rings is 1. The van der Waals surface area contributed by atoms with Gasteiger partial charge in [-0.05, 0) is 44.0 Å². The van der Waals surface area contributed by atoms with Crippen LogP contribution in [0.25, 0.3) is 0 Å². The molecule has 1 N–H and O–H groups in total. The Hall–Kier alpha value is -1.43. The lowest BCUT2D eigenvalue weighted by Crippen LogP contribution is -2.41. The summed E-state index contributed by atoms with van der Waals surface area (Å²) >= 11 is 1.90. The van der Waals surface area contributed by atoms with Crippen LogP contribution < -0.4 is 10.2 Å². The van der Waals surface area contributed by atoms with Gasteiger partial charge in [-0.3, -0.25) is 0 Å². The van der Waals surface area contributed by atoms with E-state index in [4.69, 9.17) is 4.74 Å². The normalized spacial score (nSPS) is 19.5. The van der Waals surface area contributed by atoms with E-state index in [0.29, 0.717) is 6.04 Å². The fourth-order valence-corrected chi connectivity index (χ4v) is 3.90. The van der Waals surface area contributed by atoms with Crippen molar-refractivity contribution in [2.24, 2.45) is 0 Å². The fraction of sp³-hybridized carbons (Fsp3) is 0.526. The maximum absolute atomic E-state index is 5.59. The Labute approximate surface area is 148 Å². The van der Waals surface area contributed by atoms with Crippen LogP contribution in [0.15, 0.2) is 30.5 Å². The number of hydrogen-bond acceptors (Lipinski definition) is 5. The molecule has 0 aliphatic carbocycles. The van der Waals surface area contributed by atoms with Crippen LogP contribution in [-0.4, -0.2) is 30.8 Å². The first-order valence-corrected chi connectivity index (χ1v) is 9.61. The Balaban J connectivity index is 1.54. The topological polar surface area (TPSA) is 37.4 Å². The lowest BCUT2D eigenvalue weighted by molar-refractivity contribution is 0.0529. The molecule has 2 atom stereocenters. The van der Waals surface area contributed by atoms with Crippen LogP contribution in [0, 0.1) is 0 Å². The van der Waals surface area contributed by atoms with Crippen LogP contribution in [0.1, 0.15) is 42.1 Å².